The molecule has 2 aromatic rings. The Kier molecular flexibility index (Phi) is 3.28. The molecule has 0 bridgehead atoms. The molecule has 1 amide bonds. The van der Waals surface area contributed by atoms with Crippen molar-refractivity contribution in [2.24, 2.45) is 0 Å². The normalized spacial score (nSPS) is 10.7. The maximum Gasteiger partial charge on any atom is 0.224 e. The fourth-order valence-corrected chi connectivity index (χ4v) is 2.38. The molecular weight excluding hydrogens is 269 g/mol. The number of fused-ring (bicyclic) bond motifs is 1. The molecule has 0 unspecified atom stereocenters. The fourth-order valence-electron chi connectivity index (χ4n) is 1.22. The Morgan fingerprint density at radius 3 is 2.75 bits per heavy atom. The second kappa shape index (κ2) is 4.53. The van der Waals surface area contributed by atoms with Crippen molar-refractivity contribution in [2.75, 3.05) is 5.32 Å². The number of hydrogen-bond acceptors (Lipinski definition) is 4. The van der Waals surface area contributed by atoms with Gasteiger partial charge in [-0.25, -0.2) is 0 Å². The van der Waals surface area contributed by atoms with Crippen LogP contribution >= 0.6 is 34.9 Å². The second-order valence-electron chi connectivity index (χ2n) is 3.08. The third-order valence-electron chi connectivity index (χ3n) is 2.03. The van der Waals surface area contributed by atoms with Gasteiger partial charge in [0.25, 0.3) is 0 Å². The molecule has 0 atom stereocenters. The van der Waals surface area contributed by atoms with Crippen molar-refractivity contribution in [3.8, 4) is 0 Å². The van der Waals surface area contributed by atoms with E-state index in [9.17, 15) is 4.79 Å². The number of carbonyl (C=O) groups is 1. The second-order valence-corrected chi connectivity index (χ2v) is 4.42. The number of aromatic nitrogens is 2. The Balaban J connectivity index is 2.59. The molecule has 0 saturated heterocycles. The van der Waals surface area contributed by atoms with Crippen molar-refractivity contribution < 1.29 is 4.79 Å². The molecule has 0 aliphatic carbocycles. The molecule has 1 aromatic heterocycles. The van der Waals surface area contributed by atoms with E-state index in [0.29, 0.717) is 33.2 Å². The van der Waals surface area contributed by atoms with Crippen molar-refractivity contribution in [1.29, 1.82) is 0 Å². The summed E-state index contributed by atoms with van der Waals surface area (Å²) >= 11 is 13.0. The van der Waals surface area contributed by atoms with Crippen LogP contribution in [-0.4, -0.2) is 14.7 Å². The van der Waals surface area contributed by atoms with Gasteiger partial charge in [0.05, 0.1) is 27.5 Å². The predicted octanol–water partition coefficient (Wildman–Crippen LogP) is 3.35. The first-order chi connectivity index (χ1) is 7.63. The first kappa shape index (κ1) is 11.6. The van der Waals surface area contributed by atoms with Crippen molar-refractivity contribution in [3.05, 3.63) is 16.1 Å². The maximum absolute atomic E-state index is 11.3. The van der Waals surface area contributed by atoms with Gasteiger partial charge in [0.2, 0.25) is 5.91 Å². The van der Waals surface area contributed by atoms with Gasteiger partial charge in [-0.05, 0) is 6.07 Å². The topological polar surface area (TPSA) is 54.9 Å². The summed E-state index contributed by atoms with van der Waals surface area (Å²) in [6.45, 7) is 1.76. The summed E-state index contributed by atoms with van der Waals surface area (Å²) in [5.74, 6) is -0.126. The van der Waals surface area contributed by atoms with Crippen LogP contribution < -0.4 is 5.32 Å². The number of halogens is 2. The summed E-state index contributed by atoms with van der Waals surface area (Å²) in [6, 6.07) is 1.55. The summed E-state index contributed by atoms with van der Waals surface area (Å²) in [5.41, 5.74) is 1.56. The first-order valence-electron chi connectivity index (χ1n) is 4.53. The monoisotopic (exact) mass is 275 g/mol. The number of anilines is 1. The lowest BCUT2D eigenvalue weighted by Gasteiger charge is -2.06. The minimum Gasteiger partial charge on any atom is -0.323 e. The molecule has 84 valence electrons. The molecule has 1 N–H and O–H groups in total. The summed E-state index contributed by atoms with van der Waals surface area (Å²) in [4.78, 5) is 11.3. The highest BCUT2D eigenvalue weighted by Gasteiger charge is 2.15. The minimum absolute atomic E-state index is 0.126. The van der Waals surface area contributed by atoms with Gasteiger partial charge in [0.1, 0.15) is 11.0 Å². The first-order valence-corrected chi connectivity index (χ1v) is 6.02. The van der Waals surface area contributed by atoms with E-state index in [1.807, 2.05) is 0 Å². The summed E-state index contributed by atoms with van der Waals surface area (Å²) in [5, 5.41) is 3.49. The SMILES string of the molecule is CCC(=O)Nc1c(Cl)cc(Cl)c2nsnc12. The van der Waals surface area contributed by atoms with Gasteiger partial charge in [-0.3, -0.25) is 4.79 Å². The van der Waals surface area contributed by atoms with Gasteiger partial charge in [0, 0.05) is 6.42 Å². The van der Waals surface area contributed by atoms with Crippen LogP contribution in [0.25, 0.3) is 11.0 Å². The molecule has 0 aliphatic rings. The van der Waals surface area contributed by atoms with Crippen LogP contribution in [-0.2, 0) is 4.79 Å². The van der Waals surface area contributed by atoms with Gasteiger partial charge >= 0.3 is 0 Å². The zero-order valence-electron chi connectivity index (χ0n) is 8.25. The predicted molar refractivity (Wildman–Crippen MR) is 66.4 cm³/mol. The van der Waals surface area contributed by atoms with Crippen molar-refractivity contribution in [3.63, 3.8) is 0 Å². The highest BCUT2D eigenvalue weighted by Crippen LogP contribution is 2.35. The molecule has 4 nitrogen and oxygen atoms in total. The Bertz CT molecular complexity index is 555. The largest absolute Gasteiger partial charge is 0.323 e. The third-order valence-corrected chi connectivity index (χ3v) is 3.14. The van der Waals surface area contributed by atoms with Crippen LogP contribution in [0.15, 0.2) is 6.07 Å². The highest BCUT2D eigenvalue weighted by molar-refractivity contribution is 7.00. The van der Waals surface area contributed by atoms with Gasteiger partial charge in [-0.1, -0.05) is 30.1 Å². The van der Waals surface area contributed by atoms with Gasteiger partial charge < -0.3 is 5.32 Å². The van der Waals surface area contributed by atoms with Gasteiger partial charge in [-0.15, -0.1) is 0 Å². The number of nitrogens with one attached hydrogen (secondary N) is 1. The quantitative estimate of drug-likeness (QED) is 0.915. The van der Waals surface area contributed by atoms with E-state index in [2.05, 4.69) is 14.1 Å². The van der Waals surface area contributed by atoms with E-state index in [4.69, 9.17) is 23.2 Å². The van der Waals surface area contributed by atoms with Crippen LogP contribution in [0.5, 0.6) is 0 Å². The Labute approximate surface area is 106 Å². The molecule has 0 spiro atoms. The average Bonchev–Trinajstić information content (AvgIpc) is 2.73. The van der Waals surface area contributed by atoms with Crippen molar-refractivity contribution in [1.82, 2.24) is 8.75 Å². The van der Waals surface area contributed by atoms with Crippen LogP contribution in [0.4, 0.5) is 5.69 Å². The number of benzene rings is 1. The van der Waals surface area contributed by atoms with Crippen molar-refractivity contribution in [2.45, 2.75) is 13.3 Å². The van der Waals surface area contributed by atoms with Crippen LogP contribution in [0, 0.1) is 0 Å². The van der Waals surface area contributed by atoms with Crippen LogP contribution in [0.1, 0.15) is 13.3 Å². The third kappa shape index (κ3) is 1.98. The van der Waals surface area contributed by atoms with Gasteiger partial charge in [-0.2, -0.15) is 8.75 Å². The number of rotatable bonds is 2. The molecule has 0 radical (unpaired) electrons. The zero-order valence-corrected chi connectivity index (χ0v) is 10.6. The average molecular weight is 276 g/mol. The van der Waals surface area contributed by atoms with Gasteiger partial charge in [0.15, 0.2) is 0 Å². The molecule has 1 heterocycles. The lowest BCUT2D eigenvalue weighted by Crippen LogP contribution is -2.10. The number of carbonyl (C=O) groups excluding carboxylic acids is 1. The number of nitrogens with zero attached hydrogens (tertiary/aromatic N) is 2. The van der Waals surface area contributed by atoms with Crippen molar-refractivity contribution >= 4 is 57.6 Å². The Hall–Kier alpha value is -0.910. The zero-order chi connectivity index (χ0) is 11.7. The highest BCUT2D eigenvalue weighted by atomic mass is 35.5. The molecule has 0 fully saturated rings. The number of hydrogen-bond donors (Lipinski definition) is 1. The molecule has 2 rings (SSSR count). The standard InChI is InChI=1S/C9H7Cl2N3OS/c1-2-6(15)12-7-4(10)3-5(11)8-9(7)14-16-13-8/h3H,2H2,1H3,(H,12,15). The maximum atomic E-state index is 11.3. The lowest BCUT2D eigenvalue weighted by atomic mass is 10.2. The molecule has 16 heavy (non-hydrogen) atoms. The Morgan fingerprint density at radius 1 is 1.38 bits per heavy atom. The molecular formula is C9H7Cl2N3OS. The van der Waals surface area contributed by atoms with Crippen LogP contribution in [0.2, 0.25) is 10.0 Å². The van der Waals surface area contributed by atoms with E-state index < -0.39 is 0 Å². The van der Waals surface area contributed by atoms with E-state index in [-0.39, 0.29) is 5.91 Å². The summed E-state index contributed by atoms with van der Waals surface area (Å²) in [6.07, 6.45) is 0.373. The number of amides is 1. The minimum atomic E-state index is -0.126. The van der Waals surface area contributed by atoms with E-state index in [1.54, 1.807) is 13.0 Å². The Morgan fingerprint density at radius 2 is 2.06 bits per heavy atom. The van der Waals surface area contributed by atoms with E-state index in [1.165, 1.54) is 0 Å². The smallest absolute Gasteiger partial charge is 0.224 e. The molecule has 1 aromatic carbocycles. The molecule has 0 saturated carbocycles. The van der Waals surface area contributed by atoms with Crippen LogP contribution in [0.3, 0.4) is 0 Å². The summed E-state index contributed by atoms with van der Waals surface area (Å²) < 4.78 is 8.12. The van der Waals surface area contributed by atoms with E-state index in [0.717, 1.165) is 11.7 Å². The molecule has 0 aliphatic heterocycles. The lowest BCUT2D eigenvalue weighted by molar-refractivity contribution is -0.115. The van der Waals surface area contributed by atoms with E-state index >= 15 is 0 Å². The fraction of sp³-hybridized carbons (Fsp3) is 0.222. The summed E-state index contributed by atoms with van der Waals surface area (Å²) in [7, 11) is 0. The molecule has 7 heteroatoms.